The first-order valence-corrected chi connectivity index (χ1v) is 5.56. The number of ether oxygens (including phenoxy) is 1. The third-order valence-electron chi connectivity index (χ3n) is 2.33. The van der Waals surface area contributed by atoms with Crippen LogP contribution in [0.15, 0.2) is 36.7 Å². The van der Waals surface area contributed by atoms with Crippen LogP contribution in [0.5, 0.6) is 0 Å². The van der Waals surface area contributed by atoms with Crippen molar-refractivity contribution in [1.82, 2.24) is 9.97 Å². The molecule has 1 heterocycles. The Balaban J connectivity index is 2.22. The largest absolute Gasteiger partial charge is 0.462 e. The van der Waals surface area contributed by atoms with Gasteiger partial charge >= 0.3 is 5.97 Å². The molecule has 0 amide bonds. The summed E-state index contributed by atoms with van der Waals surface area (Å²) in [6, 6.07) is 6.93. The van der Waals surface area contributed by atoms with Crippen LogP contribution in [0.2, 0.25) is 0 Å². The summed E-state index contributed by atoms with van der Waals surface area (Å²) in [4.78, 5) is 19.7. The van der Waals surface area contributed by atoms with E-state index in [-0.39, 0.29) is 5.97 Å². The molecule has 0 atom stereocenters. The van der Waals surface area contributed by atoms with Gasteiger partial charge in [-0.05, 0) is 19.1 Å². The van der Waals surface area contributed by atoms with Gasteiger partial charge < -0.3 is 10.5 Å². The fourth-order valence-corrected chi connectivity index (χ4v) is 1.46. The Kier molecular flexibility index (Phi) is 3.52. The molecule has 5 nitrogen and oxygen atoms in total. The minimum Gasteiger partial charge on any atom is -0.462 e. The quantitative estimate of drug-likeness (QED) is 0.833. The second-order valence-corrected chi connectivity index (χ2v) is 3.64. The van der Waals surface area contributed by atoms with E-state index in [0.717, 1.165) is 5.56 Å². The van der Waals surface area contributed by atoms with Crippen LogP contribution in [0.3, 0.4) is 0 Å². The first kappa shape index (κ1) is 12.0. The van der Waals surface area contributed by atoms with Gasteiger partial charge in [0.2, 0.25) is 0 Å². The van der Waals surface area contributed by atoms with Gasteiger partial charge in [0.1, 0.15) is 0 Å². The van der Waals surface area contributed by atoms with E-state index >= 15 is 0 Å². The summed E-state index contributed by atoms with van der Waals surface area (Å²) >= 11 is 0. The average molecular weight is 243 g/mol. The number of rotatable bonds is 3. The molecule has 0 saturated heterocycles. The van der Waals surface area contributed by atoms with Crippen LogP contribution in [0.1, 0.15) is 17.3 Å². The molecule has 92 valence electrons. The molecular weight excluding hydrogens is 230 g/mol. The molecule has 2 N–H and O–H groups in total. The summed E-state index contributed by atoms with van der Waals surface area (Å²) < 4.78 is 4.90. The monoisotopic (exact) mass is 243 g/mol. The molecule has 0 bridgehead atoms. The lowest BCUT2D eigenvalue weighted by atomic mass is 10.1. The lowest BCUT2D eigenvalue weighted by Crippen LogP contribution is -2.04. The van der Waals surface area contributed by atoms with Gasteiger partial charge in [0.05, 0.1) is 30.3 Å². The molecular formula is C13H13N3O2. The van der Waals surface area contributed by atoms with Crippen molar-refractivity contribution in [1.29, 1.82) is 0 Å². The van der Waals surface area contributed by atoms with Crippen molar-refractivity contribution in [2.45, 2.75) is 6.92 Å². The molecule has 0 spiro atoms. The van der Waals surface area contributed by atoms with Crippen LogP contribution in [-0.2, 0) is 4.74 Å². The molecule has 5 heteroatoms. The van der Waals surface area contributed by atoms with Crippen LogP contribution in [-0.4, -0.2) is 22.5 Å². The molecule has 1 aromatic heterocycles. The van der Waals surface area contributed by atoms with Crippen molar-refractivity contribution in [3.8, 4) is 11.4 Å². The van der Waals surface area contributed by atoms with Gasteiger partial charge in [-0.1, -0.05) is 12.1 Å². The van der Waals surface area contributed by atoms with Crippen molar-refractivity contribution < 1.29 is 9.53 Å². The SMILES string of the molecule is CCOC(=O)c1ccc(-c2ncc(N)cn2)cc1. The van der Waals surface area contributed by atoms with E-state index in [9.17, 15) is 4.79 Å². The minimum atomic E-state index is -0.331. The van der Waals surface area contributed by atoms with E-state index < -0.39 is 0 Å². The molecule has 0 radical (unpaired) electrons. The number of benzene rings is 1. The van der Waals surface area contributed by atoms with Crippen LogP contribution in [0.4, 0.5) is 5.69 Å². The van der Waals surface area contributed by atoms with Gasteiger partial charge in [0.25, 0.3) is 0 Å². The predicted molar refractivity (Wildman–Crippen MR) is 67.8 cm³/mol. The summed E-state index contributed by atoms with van der Waals surface area (Å²) in [5.41, 5.74) is 7.36. The normalized spacial score (nSPS) is 10.1. The number of hydrogen-bond acceptors (Lipinski definition) is 5. The molecule has 0 aliphatic rings. The Labute approximate surface area is 105 Å². The second kappa shape index (κ2) is 5.27. The maximum absolute atomic E-state index is 11.5. The van der Waals surface area contributed by atoms with Gasteiger partial charge in [-0.2, -0.15) is 0 Å². The summed E-state index contributed by atoms with van der Waals surface area (Å²) in [5.74, 6) is 0.238. The van der Waals surface area contributed by atoms with Crippen molar-refractivity contribution >= 4 is 11.7 Å². The number of aromatic nitrogens is 2. The number of carbonyl (C=O) groups is 1. The number of hydrogen-bond donors (Lipinski definition) is 1. The van der Waals surface area contributed by atoms with E-state index in [1.54, 1.807) is 43.6 Å². The van der Waals surface area contributed by atoms with Crippen molar-refractivity contribution in [3.05, 3.63) is 42.2 Å². The average Bonchev–Trinajstić information content (AvgIpc) is 2.40. The zero-order valence-corrected chi connectivity index (χ0v) is 9.96. The molecule has 2 rings (SSSR count). The van der Waals surface area contributed by atoms with E-state index in [1.807, 2.05) is 0 Å². The van der Waals surface area contributed by atoms with Gasteiger partial charge in [-0.25, -0.2) is 14.8 Å². The Morgan fingerprint density at radius 1 is 1.22 bits per heavy atom. The highest BCUT2D eigenvalue weighted by Gasteiger charge is 2.07. The number of anilines is 1. The Bertz CT molecular complexity index is 535. The third-order valence-corrected chi connectivity index (χ3v) is 2.33. The van der Waals surface area contributed by atoms with Gasteiger partial charge in [-0.3, -0.25) is 0 Å². The van der Waals surface area contributed by atoms with Crippen LogP contribution in [0.25, 0.3) is 11.4 Å². The minimum absolute atomic E-state index is 0.331. The van der Waals surface area contributed by atoms with E-state index in [4.69, 9.17) is 10.5 Å². The predicted octanol–water partition coefficient (Wildman–Crippen LogP) is 1.90. The van der Waals surface area contributed by atoms with Gasteiger partial charge in [0.15, 0.2) is 5.82 Å². The highest BCUT2D eigenvalue weighted by atomic mass is 16.5. The lowest BCUT2D eigenvalue weighted by molar-refractivity contribution is 0.0526. The van der Waals surface area contributed by atoms with Gasteiger partial charge in [0, 0.05) is 5.56 Å². The molecule has 18 heavy (non-hydrogen) atoms. The maximum atomic E-state index is 11.5. The number of esters is 1. The molecule has 0 aliphatic carbocycles. The lowest BCUT2D eigenvalue weighted by Gasteiger charge is -2.03. The molecule has 1 aromatic carbocycles. The summed E-state index contributed by atoms with van der Waals surface area (Å²) in [6.07, 6.45) is 3.09. The molecule has 0 saturated carbocycles. The van der Waals surface area contributed by atoms with Crippen LogP contribution in [0, 0.1) is 0 Å². The Morgan fingerprint density at radius 2 is 1.83 bits per heavy atom. The fourth-order valence-electron chi connectivity index (χ4n) is 1.46. The first-order valence-electron chi connectivity index (χ1n) is 5.56. The standard InChI is InChI=1S/C13H13N3O2/c1-2-18-13(17)10-5-3-9(4-6-10)12-15-7-11(14)8-16-12/h3-8H,2,14H2,1H3. The second-order valence-electron chi connectivity index (χ2n) is 3.64. The molecule has 0 aliphatic heterocycles. The Morgan fingerprint density at radius 3 is 2.39 bits per heavy atom. The summed E-state index contributed by atoms with van der Waals surface area (Å²) in [5, 5.41) is 0. The molecule has 0 fully saturated rings. The van der Waals surface area contributed by atoms with Crippen molar-refractivity contribution in [2.75, 3.05) is 12.3 Å². The smallest absolute Gasteiger partial charge is 0.338 e. The number of carbonyl (C=O) groups excluding carboxylic acids is 1. The van der Waals surface area contributed by atoms with E-state index in [2.05, 4.69) is 9.97 Å². The molecule has 0 unspecified atom stereocenters. The first-order chi connectivity index (χ1) is 8.70. The summed E-state index contributed by atoms with van der Waals surface area (Å²) in [7, 11) is 0. The van der Waals surface area contributed by atoms with E-state index in [0.29, 0.717) is 23.7 Å². The highest BCUT2D eigenvalue weighted by Crippen LogP contribution is 2.16. The number of nitrogen functional groups attached to an aromatic ring is 1. The zero-order chi connectivity index (χ0) is 13.0. The van der Waals surface area contributed by atoms with Crippen molar-refractivity contribution in [3.63, 3.8) is 0 Å². The Hall–Kier alpha value is -2.43. The third kappa shape index (κ3) is 2.63. The van der Waals surface area contributed by atoms with Crippen molar-refractivity contribution in [2.24, 2.45) is 0 Å². The zero-order valence-electron chi connectivity index (χ0n) is 9.96. The topological polar surface area (TPSA) is 78.1 Å². The van der Waals surface area contributed by atoms with Crippen LogP contribution >= 0.6 is 0 Å². The fraction of sp³-hybridized carbons (Fsp3) is 0.154. The van der Waals surface area contributed by atoms with Crippen LogP contribution < -0.4 is 5.73 Å². The van der Waals surface area contributed by atoms with Gasteiger partial charge in [-0.15, -0.1) is 0 Å². The number of nitrogens with two attached hydrogens (primary N) is 1. The van der Waals surface area contributed by atoms with E-state index in [1.165, 1.54) is 0 Å². The molecule has 2 aromatic rings. The summed E-state index contributed by atoms with van der Waals surface area (Å²) in [6.45, 7) is 2.14. The highest BCUT2D eigenvalue weighted by molar-refractivity contribution is 5.89. The number of nitrogens with zero attached hydrogens (tertiary/aromatic N) is 2. The maximum Gasteiger partial charge on any atom is 0.338 e.